The predicted octanol–water partition coefficient (Wildman–Crippen LogP) is 5.12. The van der Waals surface area contributed by atoms with Gasteiger partial charge in [0.15, 0.2) is 0 Å². The number of rotatable bonds is 3. The van der Waals surface area contributed by atoms with Crippen molar-refractivity contribution in [3.63, 3.8) is 0 Å². The van der Waals surface area contributed by atoms with Crippen LogP contribution in [0.5, 0.6) is 0 Å². The largest absolute Gasteiger partial charge is 0.241 e. The number of nitrogens with zero attached hydrogens (tertiary/aromatic N) is 2. The molecule has 4 heteroatoms. The third-order valence-corrected chi connectivity index (χ3v) is 4.61. The molecule has 1 atom stereocenters. The second-order valence-corrected chi connectivity index (χ2v) is 6.30. The summed E-state index contributed by atoms with van der Waals surface area (Å²) < 4.78 is 2.97. The summed E-state index contributed by atoms with van der Waals surface area (Å²) in [6.45, 7) is 0. The van der Waals surface area contributed by atoms with Gasteiger partial charge in [0.2, 0.25) is 0 Å². The molecule has 0 aliphatic carbocycles. The number of benzene rings is 2. The number of para-hydroxylation sites is 1. The first-order valence-electron chi connectivity index (χ1n) is 6.23. The lowest BCUT2D eigenvalue weighted by molar-refractivity contribution is 0.880. The van der Waals surface area contributed by atoms with E-state index in [9.17, 15) is 0 Å². The van der Waals surface area contributed by atoms with E-state index < -0.39 is 0 Å². The van der Waals surface area contributed by atoms with Crippen LogP contribution in [0.2, 0.25) is 0 Å². The van der Waals surface area contributed by atoms with Crippen molar-refractivity contribution in [2.45, 2.75) is 4.83 Å². The molecule has 0 bridgehead atoms. The summed E-state index contributed by atoms with van der Waals surface area (Å²) in [7, 11) is 0. The van der Waals surface area contributed by atoms with Gasteiger partial charge in [0.25, 0.3) is 0 Å². The van der Waals surface area contributed by atoms with E-state index in [0.29, 0.717) is 0 Å². The Morgan fingerprint density at radius 1 is 0.950 bits per heavy atom. The van der Waals surface area contributed by atoms with Gasteiger partial charge in [0.05, 0.1) is 16.7 Å². The van der Waals surface area contributed by atoms with Crippen LogP contribution in [-0.2, 0) is 0 Å². The van der Waals surface area contributed by atoms with E-state index in [2.05, 4.69) is 55.3 Å². The molecule has 20 heavy (non-hydrogen) atoms. The van der Waals surface area contributed by atoms with Gasteiger partial charge in [-0.25, -0.2) is 4.68 Å². The first kappa shape index (κ1) is 13.6. The minimum atomic E-state index is 0.137. The Kier molecular flexibility index (Phi) is 4.03. The Morgan fingerprint density at radius 2 is 1.75 bits per heavy atom. The molecule has 1 aromatic heterocycles. The highest BCUT2D eigenvalue weighted by atomic mass is 79.9. The highest BCUT2D eigenvalue weighted by Gasteiger charge is 2.13. The van der Waals surface area contributed by atoms with E-state index in [1.807, 2.05) is 53.3 Å². The maximum absolute atomic E-state index is 4.43. The Balaban J connectivity index is 1.90. The Morgan fingerprint density at radius 3 is 2.50 bits per heavy atom. The van der Waals surface area contributed by atoms with E-state index in [-0.39, 0.29) is 4.83 Å². The molecule has 0 saturated carbocycles. The van der Waals surface area contributed by atoms with Crippen LogP contribution < -0.4 is 0 Å². The molecule has 1 heterocycles. The summed E-state index contributed by atoms with van der Waals surface area (Å²) in [5.74, 6) is 0. The van der Waals surface area contributed by atoms with Crippen LogP contribution in [0.3, 0.4) is 0 Å². The lowest BCUT2D eigenvalue weighted by Gasteiger charge is -2.08. The van der Waals surface area contributed by atoms with Crippen molar-refractivity contribution in [1.82, 2.24) is 9.78 Å². The number of hydrogen-bond acceptors (Lipinski definition) is 1. The Bertz CT molecular complexity index is 707. The Labute approximate surface area is 134 Å². The molecule has 0 N–H and O–H groups in total. The molecule has 0 radical (unpaired) electrons. The predicted molar refractivity (Wildman–Crippen MR) is 88.5 cm³/mol. The molecule has 0 amide bonds. The summed E-state index contributed by atoms with van der Waals surface area (Å²) in [5, 5.41) is 4.43. The van der Waals surface area contributed by atoms with Crippen molar-refractivity contribution in [2.75, 3.05) is 0 Å². The molecule has 0 saturated heterocycles. The lowest BCUT2D eigenvalue weighted by atomic mass is 10.1. The quantitative estimate of drug-likeness (QED) is 0.566. The first-order chi connectivity index (χ1) is 9.74. The van der Waals surface area contributed by atoms with E-state index >= 15 is 0 Å². The van der Waals surface area contributed by atoms with Gasteiger partial charge >= 0.3 is 0 Å². The molecule has 1 unspecified atom stereocenters. The fraction of sp³-hybridized carbons (Fsp3) is 0.0625. The molecule has 0 aliphatic rings. The average Bonchev–Trinajstić information content (AvgIpc) is 2.97. The molecule has 0 fully saturated rings. The molecule has 0 spiro atoms. The van der Waals surface area contributed by atoms with Crippen LogP contribution in [0.1, 0.15) is 16.0 Å². The summed E-state index contributed by atoms with van der Waals surface area (Å²) in [4.78, 5) is 0.137. The number of hydrogen-bond donors (Lipinski definition) is 0. The number of aromatic nitrogens is 2. The van der Waals surface area contributed by atoms with Crippen molar-refractivity contribution >= 4 is 31.9 Å². The van der Waals surface area contributed by atoms with Crippen molar-refractivity contribution in [3.05, 3.63) is 82.6 Å². The molecule has 3 aromatic rings. The third-order valence-electron chi connectivity index (χ3n) is 3.06. The molecule has 0 aliphatic heterocycles. The molecular weight excluding hydrogens is 380 g/mol. The molecule has 100 valence electrons. The summed E-state index contributed by atoms with van der Waals surface area (Å²) in [6.07, 6.45) is 3.95. The smallest absolute Gasteiger partial charge is 0.0676 e. The zero-order chi connectivity index (χ0) is 13.9. The van der Waals surface area contributed by atoms with Crippen molar-refractivity contribution in [3.8, 4) is 5.69 Å². The number of alkyl halides is 1. The van der Waals surface area contributed by atoms with E-state index in [1.54, 1.807) is 0 Å². The number of halogens is 2. The van der Waals surface area contributed by atoms with Gasteiger partial charge in [-0.2, -0.15) is 5.10 Å². The maximum Gasteiger partial charge on any atom is 0.0676 e. The van der Waals surface area contributed by atoms with Crippen LogP contribution >= 0.6 is 31.9 Å². The van der Waals surface area contributed by atoms with E-state index in [1.165, 1.54) is 5.56 Å². The topological polar surface area (TPSA) is 17.8 Å². The lowest BCUT2D eigenvalue weighted by Crippen LogP contribution is -1.94. The summed E-state index contributed by atoms with van der Waals surface area (Å²) >= 11 is 7.24. The monoisotopic (exact) mass is 390 g/mol. The summed E-state index contributed by atoms with van der Waals surface area (Å²) in [5.41, 5.74) is 3.40. The molecule has 2 nitrogen and oxygen atoms in total. The standard InChI is InChI=1S/C16H12Br2N2/c17-14-6-4-5-12(9-14)16(18)13-10-19-20(11-13)15-7-2-1-3-8-15/h1-11,16H. The van der Waals surface area contributed by atoms with Gasteiger partial charge in [-0.15, -0.1) is 0 Å². The van der Waals surface area contributed by atoms with Gasteiger partial charge in [-0.05, 0) is 29.8 Å². The Hall–Kier alpha value is -1.39. The van der Waals surface area contributed by atoms with Crippen LogP contribution in [0.15, 0.2) is 71.5 Å². The first-order valence-corrected chi connectivity index (χ1v) is 7.94. The molecule has 2 aromatic carbocycles. The summed E-state index contributed by atoms with van der Waals surface area (Å²) in [6, 6.07) is 18.4. The van der Waals surface area contributed by atoms with Crippen LogP contribution in [-0.4, -0.2) is 9.78 Å². The minimum Gasteiger partial charge on any atom is -0.241 e. The van der Waals surface area contributed by atoms with Crippen LogP contribution in [0.25, 0.3) is 5.69 Å². The van der Waals surface area contributed by atoms with E-state index in [4.69, 9.17) is 0 Å². The van der Waals surface area contributed by atoms with Crippen LogP contribution in [0, 0.1) is 0 Å². The maximum atomic E-state index is 4.43. The fourth-order valence-electron chi connectivity index (χ4n) is 2.05. The van der Waals surface area contributed by atoms with Gasteiger partial charge in [0.1, 0.15) is 0 Å². The van der Waals surface area contributed by atoms with Gasteiger partial charge in [-0.3, -0.25) is 0 Å². The second-order valence-electron chi connectivity index (χ2n) is 4.47. The van der Waals surface area contributed by atoms with Crippen molar-refractivity contribution in [1.29, 1.82) is 0 Å². The van der Waals surface area contributed by atoms with Crippen molar-refractivity contribution < 1.29 is 0 Å². The molecular formula is C16H12Br2N2. The highest BCUT2D eigenvalue weighted by molar-refractivity contribution is 9.10. The average molecular weight is 392 g/mol. The highest BCUT2D eigenvalue weighted by Crippen LogP contribution is 2.32. The van der Waals surface area contributed by atoms with E-state index in [0.717, 1.165) is 15.7 Å². The van der Waals surface area contributed by atoms with Gasteiger partial charge < -0.3 is 0 Å². The minimum absolute atomic E-state index is 0.137. The zero-order valence-electron chi connectivity index (χ0n) is 10.6. The normalized spacial score (nSPS) is 12.3. The second kappa shape index (κ2) is 5.94. The molecule has 3 rings (SSSR count). The van der Waals surface area contributed by atoms with Gasteiger partial charge in [0, 0.05) is 16.2 Å². The van der Waals surface area contributed by atoms with Crippen LogP contribution in [0.4, 0.5) is 0 Å². The fourth-order valence-corrected chi connectivity index (χ4v) is 2.98. The van der Waals surface area contributed by atoms with Crippen molar-refractivity contribution in [2.24, 2.45) is 0 Å². The van der Waals surface area contributed by atoms with Gasteiger partial charge in [-0.1, -0.05) is 62.2 Å². The zero-order valence-corrected chi connectivity index (χ0v) is 13.8. The third kappa shape index (κ3) is 2.86. The SMILES string of the molecule is Brc1cccc(C(Br)c2cnn(-c3ccccc3)c2)c1.